The van der Waals surface area contributed by atoms with Gasteiger partial charge in [-0.25, -0.2) is 19.6 Å². The van der Waals surface area contributed by atoms with Gasteiger partial charge < -0.3 is 5.32 Å². The number of carbonyl (C=O) groups is 1. The van der Waals surface area contributed by atoms with Gasteiger partial charge in [-0.3, -0.25) is 9.36 Å². The van der Waals surface area contributed by atoms with Crippen molar-refractivity contribution in [2.45, 2.75) is 20.4 Å². The molecule has 0 fully saturated rings. The first-order chi connectivity index (χ1) is 13.6. The molecule has 0 bridgehead atoms. The van der Waals surface area contributed by atoms with Crippen molar-refractivity contribution >= 4 is 5.91 Å². The van der Waals surface area contributed by atoms with Crippen LogP contribution in [0.15, 0.2) is 61.4 Å². The second kappa shape index (κ2) is 7.43. The summed E-state index contributed by atoms with van der Waals surface area (Å²) in [5, 5.41) is 7.31. The van der Waals surface area contributed by atoms with E-state index in [1.54, 1.807) is 52.5 Å². The quantitative estimate of drug-likeness (QED) is 0.580. The molecule has 140 valence electrons. The molecule has 4 aromatic heterocycles. The smallest absolute Gasteiger partial charge is 0.253 e. The summed E-state index contributed by atoms with van der Waals surface area (Å²) in [4.78, 5) is 25.1. The van der Waals surface area contributed by atoms with Gasteiger partial charge in [0.1, 0.15) is 12.1 Å². The molecule has 8 nitrogen and oxygen atoms in total. The van der Waals surface area contributed by atoms with Gasteiger partial charge in [0.25, 0.3) is 5.91 Å². The fourth-order valence-electron chi connectivity index (χ4n) is 2.86. The van der Waals surface area contributed by atoms with Crippen molar-refractivity contribution < 1.29 is 4.79 Å². The predicted octanol–water partition coefficient (Wildman–Crippen LogP) is 2.39. The van der Waals surface area contributed by atoms with E-state index >= 15 is 0 Å². The first-order valence-electron chi connectivity index (χ1n) is 8.81. The Labute approximate surface area is 161 Å². The SMILES string of the molecule is Cc1cc(C)n(-c2ccc(CNC(=O)c3ccc(-n4ccnc4)nc3)cn2)n1. The predicted molar refractivity (Wildman–Crippen MR) is 103 cm³/mol. The van der Waals surface area contributed by atoms with Crippen molar-refractivity contribution in [1.82, 2.24) is 34.6 Å². The molecular weight excluding hydrogens is 354 g/mol. The van der Waals surface area contributed by atoms with E-state index in [4.69, 9.17) is 0 Å². The number of nitrogens with one attached hydrogen (secondary N) is 1. The Kier molecular flexibility index (Phi) is 4.67. The van der Waals surface area contributed by atoms with E-state index in [0.29, 0.717) is 17.9 Å². The zero-order chi connectivity index (χ0) is 19.5. The third kappa shape index (κ3) is 3.66. The van der Waals surface area contributed by atoms with E-state index in [-0.39, 0.29) is 5.91 Å². The van der Waals surface area contributed by atoms with Gasteiger partial charge in [0.15, 0.2) is 5.82 Å². The number of imidazole rings is 1. The summed E-state index contributed by atoms with van der Waals surface area (Å²) in [6.45, 7) is 4.32. The average molecular weight is 373 g/mol. The van der Waals surface area contributed by atoms with Crippen molar-refractivity contribution in [3.8, 4) is 11.6 Å². The van der Waals surface area contributed by atoms with E-state index in [0.717, 1.165) is 22.8 Å². The van der Waals surface area contributed by atoms with Crippen LogP contribution in [-0.4, -0.2) is 35.2 Å². The highest BCUT2D eigenvalue weighted by atomic mass is 16.1. The molecule has 0 aliphatic rings. The highest BCUT2D eigenvalue weighted by Crippen LogP contribution is 2.11. The number of aryl methyl sites for hydroxylation is 2. The molecule has 8 heteroatoms. The van der Waals surface area contributed by atoms with E-state index in [9.17, 15) is 4.79 Å². The second-order valence-corrected chi connectivity index (χ2v) is 6.42. The fourth-order valence-corrected chi connectivity index (χ4v) is 2.86. The molecule has 4 aromatic rings. The summed E-state index contributed by atoms with van der Waals surface area (Å²) in [6, 6.07) is 9.34. The summed E-state index contributed by atoms with van der Waals surface area (Å²) in [5.74, 6) is 1.27. The lowest BCUT2D eigenvalue weighted by Crippen LogP contribution is -2.23. The molecule has 1 N–H and O–H groups in total. The fraction of sp³-hybridized carbons (Fsp3) is 0.150. The number of hydrogen-bond donors (Lipinski definition) is 1. The molecular formula is C20H19N7O. The number of amides is 1. The monoisotopic (exact) mass is 373 g/mol. The zero-order valence-corrected chi connectivity index (χ0v) is 15.6. The maximum Gasteiger partial charge on any atom is 0.253 e. The lowest BCUT2D eigenvalue weighted by atomic mass is 10.2. The average Bonchev–Trinajstić information content (AvgIpc) is 3.36. The molecule has 0 aliphatic heterocycles. The van der Waals surface area contributed by atoms with Gasteiger partial charge in [0, 0.05) is 37.0 Å². The standard InChI is InChI=1S/C20H19N7O/c1-14-9-15(2)27(25-14)19-5-3-16(10-22-19)11-24-20(28)17-4-6-18(23-12-17)26-8-7-21-13-26/h3-10,12-13H,11H2,1-2H3,(H,24,28). The molecule has 4 rings (SSSR count). The Morgan fingerprint density at radius 2 is 1.89 bits per heavy atom. The third-order valence-corrected chi connectivity index (χ3v) is 4.27. The molecule has 0 radical (unpaired) electrons. The van der Waals surface area contributed by atoms with Crippen LogP contribution in [0.3, 0.4) is 0 Å². The molecule has 4 heterocycles. The lowest BCUT2D eigenvalue weighted by Gasteiger charge is -2.08. The normalized spacial score (nSPS) is 10.8. The van der Waals surface area contributed by atoms with E-state index in [1.807, 2.05) is 32.0 Å². The number of aromatic nitrogens is 6. The van der Waals surface area contributed by atoms with Crippen LogP contribution in [0.25, 0.3) is 11.6 Å². The van der Waals surface area contributed by atoms with Crippen molar-refractivity contribution in [1.29, 1.82) is 0 Å². The summed E-state index contributed by atoms with van der Waals surface area (Å²) in [5.41, 5.74) is 3.37. The molecule has 0 unspecified atom stereocenters. The van der Waals surface area contributed by atoms with Crippen molar-refractivity contribution in [2.24, 2.45) is 0 Å². The number of rotatable bonds is 5. The molecule has 0 aromatic carbocycles. The molecule has 0 saturated heterocycles. The largest absolute Gasteiger partial charge is 0.348 e. The van der Waals surface area contributed by atoms with E-state index in [2.05, 4.69) is 25.4 Å². The first-order valence-corrected chi connectivity index (χ1v) is 8.81. The van der Waals surface area contributed by atoms with E-state index in [1.165, 1.54) is 0 Å². The minimum Gasteiger partial charge on any atom is -0.348 e. The number of nitrogens with zero attached hydrogens (tertiary/aromatic N) is 6. The second-order valence-electron chi connectivity index (χ2n) is 6.42. The van der Waals surface area contributed by atoms with Crippen LogP contribution in [0, 0.1) is 13.8 Å². The first kappa shape index (κ1) is 17.6. The maximum atomic E-state index is 12.3. The van der Waals surface area contributed by atoms with Crippen molar-refractivity contribution in [3.63, 3.8) is 0 Å². The number of hydrogen-bond acceptors (Lipinski definition) is 5. The van der Waals surface area contributed by atoms with E-state index < -0.39 is 0 Å². The van der Waals surface area contributed by atoms with Crippen LogP contribution in [0.2, 0.25) is 0 Å². The molecule has 28 heavy (non-hydrogen) atoms. The molecule has 1 amide bonds. The van der Waals surface area contributed by atoms with Crippen LogP contribution >= 0.6 is 0 Å². The van der Waals surface area contributed by atoms with Gasteiger partial charge in [-0.05, 0) is 43.7 Å². The maximum absolute atomic E-state index is 12.3. The molecule has 0 spiro atoms. The van der Waals surface area contributed by atoms with Gasteiger partial charge in [-0.2, -0.15) is 5.10 Å². The van der Waals surface area contributed by atoms with Crippen LogP contribution < -0.4 is 5.32 Å². The Morgan fingerprint density at radius 3 is 2.50 bits per heavy atom. The number of carbonyl (C=O) groups excluding carboxylic acids is 1. The van der Waals surface area contributed by atoms with Crippen molar-refractivity contribution in [2.75, 3.05) is 0 Å². The molecule has 0 saturated carbocycles. The Hall–Kier alpha value is -3.81. The van der Waals surface area contributed by atoms with Crippen molar-refractivity contribution in [3.05, 3.63) is 84.0 Å². The Morgan fingerprint density at radius 1 is 1.07 bits per heavy atom. The molecule has 0 aliphatic carbocycles. The summed E-state index contributed by atoms with van der Waals surface area (Å²) in [6.07, 6.45) is 8.42. The number of pyridine rings is 2. The van der Waals surface area contributed by atoms with Crippen LogP contribution in [0.1, 0.15) is 27.3 Å². The summed E-state index contributed by atoms with van der Waals surface area (Å²) < 4.78 is 3.57. The molecule has 0 atom stereocenters. The van der Waals surface area contributed by atoms with Crippen LogP contribution in [0.5, 0.6) is 0 Å². The summed E-state index contributed by atoms with van der Waals surface area (Å²) >= 11 is 0. The van der Waals surface area contributed by atoms with Gasteiger partial charge >= 0.3 is 0 Å². The van der Waals surface area contributed by atoms with Gasteiger partial charge in [0.05, 0.1) is 11.3 Å². The lowest BCUT2D eigenvalue weighted by molar-refractivity contribution is 0.0950. The minimum absolute atomic E-state index is 0.188. The minimum atomic E-state index is -0.188. The van der Waals surface area contributed by atoms with Crippen LogP contribution in [0.4, 0.5) is 0 Å². The van der Waals surface area contributed by atoms with Gasteiger partial charge in [-0.15, -0.1) is 0 Å². The topological polar surface area (TPSA) is 90.5 Å². The highest BCUT2D eigenvalue weighted by molar-refractivity contribution is 5.93. The zero-order valence-electron chi connectivity index (χ0n) is 15.6. The van der Waals surface area contributed by atoms with Gasteiger partial charge in [0.2, 0.25) is 0 Å². The summed E-state index contributed by atoms with van der Waals surface area (Å²) in [7, 11) is 0. The highest BCUT2D eigenvalue weighted by Gasteiger charge is 2.08. The Balaban J connectivity index is 1.39. The Bertz CT molecular complexity index is 1080. The van der Waals surface area contributed by atoms with Crippen LogP contribution in [-0.2, 0) is 6.54 Å². The third-order valence-electron chi connectivity index (χ3n) is 4.27. The van der Waals surface area contributed by atoms with Gasteiger partial charge in [-0.1, -0.05) is 6.07 Å².